The zero-order chi connectivity index (χ0) is 21.8. The lowest BCUT2D eigenvalue weighted by Crippen LogP contribution is -2.41. The van der Waals surface area contributed by atoms with E-state index in [1.165, 1.54) is 20.2 Å². The number of fused-ring (bicyclic) bond motifs is 2. The summed E-state index contributed by atoms with van der Waals surface area (Å²) in [5, 5.41) is 6.93. The Balaban J connectivity index is 0.000000130. The van der Waals surface area contributed by atoms with Gasteiger partial charge in [-0.25, -0.2) is 0 Å². The van der Waals surface area contributed by atoms with Crippen LogP contribution in [0.25, 0.3) is 20.2 Å². The van der Waals surface area contributed by atoms with Crippen molar-refractivity contribution in [3.05, 3.63) is 71.4 Å². The minimum absolute atomic E-state index is 0.572. The highest BCUT2D eigenvalue weighted by molar-refractivity contribution is 8.07. The van der Waals surface area contributed by atoms with Crippen molar-refractivity contribution >= 4 is 60.2 Å². The van der Waals surface area contributed by atoms with Gasteiger partial charge in [0.15, 0.2) is 0 Å². The van der Waals surface area contributed by atoms with Crippen LogP contribution in [0.15, 0.2) is 71.4 Å². The van der Waals surface area contributed by atoms with Gasteiger partial charge in [0.05, 0.1) is 11.2 Å². The number of benzene rings is 2. The normalized spacial score (nSPS) is 17.7. The van der Waals surface area contributed by atoms with E-state index in [9.17, 15) is 8.76 Å². The monoisotopic (exact) mass is 459 g/mol. The maximum atomic E-state index is 10.5. The van der Waals surface area contributed by atoms with Crippen LogP contribution in [0.4, 0.5) is 0 Å². The molecule has 5 rings (SSSR count). The third-order valence-electron chi connectivity index (χ3n) is 5.11. The summed E-state index contributed by atoms with van der Waals surface area (Å²) in [4.78, 5) is 0. The Labute approximate surface area is 188 Å². The fourth-order valence-corrected chi connectivity index (χ4v) is 4.90. The van der Waals surface area contributed by atoms with E-state index < -0.39 is 28.5 Å². The maximum absolute atomic E-state index is 10.5. The lowest BCUT2D eigenvalue weighted by atomic mass is 9.90. The van der Waals surface area contributed by atoms with Gasteiger partial charge in [-0.15, -0.1) is 22.7 Å². The molecule has 1 aliphatic heterocycles. The van der Waals surface area contributed by atoms with E-state index in [1.54, 1.807) is 50.4 Å². The van der Waals surface area contributed by atoms with Crippen LogP contribution in [-0.2, 0) is 20.2 Å². The molecule has 0 spiro atoms. The molecule has 4 aromatic rings. The van der Waals surface area contributed by atoms with Crippen molar-refractivity contribution in [3.63, 3.8) is 0 Å². The molecular formula is C22H24BO4S3-. The second-order valence-electron chi connectivity index (χ2n) is 7.72. The van der Waals surface area contributed by atoms with Gasteiger partial charge in [0, 0.05) is 9.40 Å². The van der Waals surface area contributed by atoms with Gasteiger partial charge in [0.25, 0.3) is 0 Å². The molecule has 0 bridgehead atoms. The summed E-state index contributed by atoms with van der Waals surface area (Å²) in [5.74, 6) is 0. The maximum Gasteiger partial charge on any atom is 0.550 e. The summed E-state index contributed by atoms with van der Waals surface area (Å²) >= 11 is 3.57. The zero-order valence-electron chi connectivity index (χ0n) is 17.4. The van der Waals surface area contributed by atoms with Crippen molar-refractivity contribution in [2.24, 2.45) is 0 Å². The van der Waals surface area contributed by atoms with E-state index in [1.807, 2.05) is 0 Å². The first-order valence-corrected chi connectivity index (χ1v) is 12.4. The standard InChI is InChI=1S/2C8H6S.C6H13BO4S/c2*1-2-4-8-7(3-1)5-6-9-8;1-5(2)6(3,4)11-7(10-5)12(8)9/h2*1-6H;1-4H3,(H,8,9)/p-1. The number of thiophene rings is 2. The van der Waals surface area contributed by atoms with Crippen LogP contribution in [0.5, 0.6) is 0 Å². The molecule has 158 valence electrons. The molecular weight excluding hydrogens is 435 g/mol. The minimum Gasteiger partial charge on any atom is -0.777 e. The Morgan fingerprint density at radius 2 is 1.17 bits per heavy atom. The molecule has 0 amide bonds. The molecule has 8 heteroatoms. The fraction of sp³-hybridized carbons (Fsp3) is 0.273. The van der Waals surface area contributed by atoms with E-state index in [-0.39, 0.29) is 0 Å². The summed E-state index contributed by atoms with van der Waals surface area (Å²) in [6.45, 7) is 7.22. The van der Waals surface area contributed by atoms with E-state index in [0.717, 1.165) is 0 Å². The molecule has 30 heavy (non-hydrogen) atoms. The molecule has 4 nitrogen and oxygen atoms in total. The predicted octanol–water partition coefficient (Wildman–Crippen LogP) is 6.26. The van der Waals surface area contributed by atoms with Crippen LogP contribution in [0.3, 0.4) is 0 Å². The Kier molecular flexibility index (Phi) is 7.49. The van der Waals surface area contributed by atoms with Gasteiger partial charge in [-0.05, 0) is 84.4 Å². The highest BCUT2D eigenvalue weighted by Gasteiger charge is 2.52. The van der Waals surface area contributed by atoms with Gasteiger partial charge in [-0.1, -0.05) is 36.4 Å². The molecule has 0 N–H and O–H groups in total. The van der Waals surface area contributed by atoms with Crippen LogP contribution in [0.1, 0.15) is 27.7 Å². The van der Waals surface area contributed by atoms with E-state index in [4.69, 9.17) is 9.31 Å². The zero-order valence-corrected chi connectivity index (χ0v) is 19.8. The lowest BCUT2D eigenvalue weighted by molar-refractivity contribution is 0.00578. The van der Waals surface area contributed by atoms with Crippen molar-refractivity contribution in [2.75, 3.05) is 0 Å². The van der Waals surface area contributed by atoms with E-state index in [0.29, 0.717) is 0 Å². The van der Waals surface area contributed by atoms with Crippen molar-refractivity contribution in [1.82, 2.24) is 0 Å². The van der Waals surface area contributed by atoms with Gasteiger partial charge in [0.2, 0.25) is 0 Å². The Morgan fingerprint density at radius 1 is 0.767 bits per heavy atom. The first-order chi connectivity index (χ1) is 14.2. The molecule has 3 heterocycles. The van der Waals surface area contributed by atoms with Crippen LogP contribution in [0.2, 0.25) is 0 Å². The van der Waals surface area contributed by atoms with Gasteiger partial charge in [0.1, 0.15) is 0 Å². The second kappa shape index (κ2) is 9.72. The van der Waals surface area contributed by atoms with Gasteiger partial charge in [-0.2, -0.15) is 0 Å². The highest BCUT2D eigenvalue weighted by atomic mass is 32.2. The van der Waals surface area contributed by atoms with Crippen molar-refractivity contribution in [1.29, 1.82) is 0 Å². The smallest absolute Gasteiger partial charge is 0.550 e. The molecule has 1 saturated heterocycles. The third-order valence-corrected chi connectivity index (χ3v) is 7.41. The topological polar surface area (TPSA) is 58.6 Å². The van der Waals surface area contributed by atoms with Crippen molar-refractivity contribution in [2.45, 2.75) is 38.9 Å². The van der Waals surface area contributed by atoms with Gasteiger partial charge < -0.3 is 13.9 Å². The van der Waals surface area contributed by atoms with Gasteiger partial charge >= 0.3 is 6.40 Å². The number of hydrogen-bond donors (Lipinski definition) is 0. The Hall–Kier alpha value is -1.55. The lowest BCUT2D eigenvalue weighted by Gasteiger charge is -2.32. The molecule has 1 atom stereocenters. The molecule has 0 saturated carbocycles. The van der Waals surface area contributed by atoms with Crippen LogP contribution in [0, 0.1) is 0 Å². The average molecular weight is 459 g/mol. The Bertz CT molecular complexity index is 977. The molecule has 0 radical (unpaired) electrons. The first kappa shape index (κ1) is 23.1. The average Bonchev–Trinajstić information content (AvgIpc) is 3.41. The number of hydrogen-bond acceptors (Lipinski definition) is 6. The fourth-order valence-electron chi connectivity index (χ4n) is 2.68. The highest BCUT2D eigenvalue weighted by Crippen LogP contribution is 2.37. The van der Waals surface area contributed by atoms with Crippen LogP contribution >= 0.6 is 22.7 Å². The molecule has 2 aromatic carbocycles. The van der Waals surface area contributed by atoms with Crippen molar-refractivity contribution < 1.29 is 18.1 Å². The van der Waals surface area contributed by atoms with Crippen LogP contribution in [-0.4, -0.2) is 26.4 Å². The van der Waals surface area contributed by atoms with Gasteiger partial charge in [-0.3, -0.25) is 4.21 Å². The molecule has 0 aliphatic carbocycles. The minimum atomic E-state index is -2.33. The number of rotatable bonds is 1. The SMILES string of the molecule is CC1(C)OB(S(=O)[O-])OC1(C)C.c1ccc2sccc2c1.c1ccc2sccc2c1. The predicted molar refractivity (Wildman–Crippen MR) is 129 cm³/mol. The van der Waals surface area contributed by atoms with E-state index in [2.05, 4.69) is 71.4 Å². The molecule has 1 fully saturated rings. The van der Waals surface area contributed by atoms with E-state index >= 15 is 0 Å². The molecule has 1 unspecified atom stereocenters. The quantitative estimate of drug-likeness (QED) is 0.249. The Morgan fingerprint density at radius 3 is 1.50 bits per heavy atom. The summed E-state index contributed by atoms with van der Waals surface area (Å²) in [7, 11) is -2.33. The molecule has 2 aromatic heterocycles. The third kappa shape index (κ3) is 5.57. The van der Waals surface area contributed by atoms with Crippen LogP contribution < -0.4 is 0 Å². The summed E-state index contributed by atoms with van der Waals surface area (Å²) < 4.78 is 34.2. The first-order valence-electron chi connectivity index (χ1n) is 9.48. The molecule has 1 aliphatic rings. The summed E-state index contributed by atoms with van der Waals surface area (Å²) in [5.41, 5.74) is -1.14. The second-order valence-corrected chi connectivity index (χ2v) is 10.5. The largest absolute Gasteiger partial charge is 0.777 e. The summed E-state index contributed by atoms with van der Waals surface area (Å²) in [6, 6.07) is 21.1. The van der Waals surface area contributed by atoms with Crippen molar-refractivity contribution in [3.8, 4) is 0 Å². The summed E-state index contributed by atoms with van der Waals surface area (Å²) in [6.07, 6.45) is -1.13.